The maximum Gasteiger partial charge on any atom is 0.172 e. The van der Waals surface area contributed by atoms with Crippen LogP contribution in [-0.2, 0) is 9.98 Å². The van der Waals surface area contributed by atoms with Crippen LogP contribution in [0.3, 0.4) is 0 Å². The first-order chi connectivity index (χ1) is 28.4. The summed E-state index contributed by atoms with van der Waals surface area (Å²) in [7, 11) is -3.16. The van der Waals surface area contributed by atoms with Gasteiger partial charge in [-0.25, -0.2) is 0 Å². The van der Waals surface area contributed by atoms with Crippen LogP contribution in [0.5, 0.6) is 0 Å². The average molecular weight is 760 g/mol. The molecule has 0 radical (unpaired) electrons. The molecule has 1 unspecified atom stereocenters. The van der Waals surface area contributed by atoms with Gasteiger partial charge in [-0.15, -0.1) is 0 Å². The van der Waals surface area contributed by atoms with Gasteiger partial charge < -0.3 is 9.13 Å². The third-order valence-corrected chi connectivity index (χ3v) is 16.2. The Balaban J connectivity index is 0.946. The lowest BCUT2D eigenvalue weighted by atomic mass is 9.81. The topological polar surface area (TPSA) is 22.0 Å². The van der Waals surface area contributed by atoms with Crippen molar-refractivity contribution in [2.24, 2.45) is 0 Å². The van der Waals surface area contributed by atoms with E-state index < -0.39 is 7.14 Å². The Hall–Kier alpha value is -6.73. The molecule has 0 fully saturated rings. The van der Waals surface area contributed by atoms with Crippen molar-refractivity contribution in [1.82, 2.24) is 4.57 Å². The lowest BCUT2D eigenvalue weighted by Gasteiger charge is -2.22. The molecule has 12 rings (SSSR count). The van der Waals surface area contributed by atoms with Crippen molar-refractivity contribution in [2.75, 3.05) is 0 Å². The van der Waals surface area contributed by atoms with Crippen LogP contribution in [-0.4, -0.2) is 4.57 Å². The molecule has 3 heteroatoms. The van der Waals surface area contributed by atoms with Crippen LogP contribution < -0.4 is 15.9 Å². The Morgan fingerprint density at radius 2 is 1.03 bits per heavy atom. The van der Waals surface area contributed by atoms with E-state index in [-0.39, 0.29) is 5.41 Å². The van der Waals surface area contributed by atoms with Crippen LogP contribution in [0.25, 0.3) is 82.8 Å². The van der Waals surface area contributed by atoms with E-state index >= 15 is 4.57 Å². The van der Waals surface area contributed by atoms with Gasteiger partial charge in [-0.05, 0) is 109 Å². The summed E-state index contributed by atoms with van der Waals surface area (Å²) in [5, 5.41) is 7.48. The molecule has 9 aromatic carbocycles. The van der Waals surface area contributed by atoms with Crippen LogP contribution in [0, 0.1) is 0 Å². The highest BCUT2D eigenvalue weighted by atomic mass is 31.2. The fourth-order valence-corrected chi connectivity index (χ4v) is 13.4. The van der Waals surface area contributed by atoms with E-state index in [2.05, 4.69) is 176 Å². The van der Waals surface area contributed by atoms with Gasteiger partial charge in [0.1, 0.15) is 0 Å². The minimum absolute atomic E-state index is 0.143. The van der Waals surface area contributed by atoms with Crippen LogP contribution >= 0.6 is 7.14 Å². The van der Waals surface area contributed by atoms with Gasteiger partial charge in [0.05, 0.1) is 11.0 Å². The Morgan fingerprint density at radius 3 is 1.81 bits per heavy atom. The molecule has 2 aliphatic rings. The smallest absolute Gasteiger partial charge is 0.172 e. The molecule has 0 saturated carbocycles. The van der Waals surface area contributed by atoms with E-state index in [1.165, 1.54) is 55.3 Å². The van der Waals surface area contributed by atoms with Gasteiger partial charge in [0.2, 0.25) is 0 Å². The monoisotopic (exact) mass is 759 g/mol. The van der Waals surface area contributed by atoms with Crippen molar-refractivity contribution in [3.8, 4) is 50.2 Å². The molecule has 58 heavy (non-hydrogen) atoms. The van der Waals surface area contributed by atoms with Gasteiger partial charge in [-0.1, -0.05) is 166 Å². The molecule has 1 aliphatic heterocycles. The van der Waals surface area contributed by atoms with E-state index in [1.54, 1.807) is 0 Å². The summed E-state index contributed by atoms with van der Waals surface area (Å²) in [6.45, 7) is 4.73. The van der Waals surface area contributed by atoms with Gasteiger partial charge in [-0.2, -0.15) is 0 Å². The zero-order chi connectivity index (χ0) is 38.8. The van der Waals surface area contributed by atoms with E-state index in [0.717, 1.165) is 54.5 Å². The summed E-state index contributed by atoms with van der Waals surface area (Å²) in [4.78, 5) is 0. The van der Waals surface area contributed by atoms with Crippen molar-refractivity contribution < 1.29 is 4.57 Å². The molecule has 1 aliphatic carbocycles. The third kappa shape index (κ3) is 4.58. The molecule has 2 nitrogen and oxygen atoms in total. The molecular weight excluding hydrogens is 722 g/mol. The van der Waals surface area contributed by atoms with E-state index in [9.17, 15) is 0 Å². The average Bonchev–Trinajstić information content (AvgIpc) is 3.84. The second-order valence-corrected chi connectivity index (χ2v) is 19.1. The first-order valence-corrected chi connectivity index (χ1v) is 21.8. The van der Waals surface area contributed by atoms with Crippen LogP contribution in [0.4, 0.5) is 0 Å². The minimum Gasteiger partial charge on any atom is -0.309 e. The summed E-state index contributed by atoms with van der Waals surface area (Å²) in [6.07, 6.45) is 0. The quantitative estimate of drug-likeness (QED) is 0.164. The molecule has 0 spiro atoms. The highest BCUT2D eigenvalue weighted by molar-refractivity contribution is 7.86. The molecule has 1 aromatic heterocycles. The van der Waals surface area contributed by atoms with Crippen molar-refractivity contribution in [1.29, 1.82) is 0 Å². The number of hydrogen-bond donors (Lipinski definition) is 0. The Kier molecular flexibility index (Phi) is 6.99. The van der Waals surface area contributed by atoms with E-state index in [0.29, 0.717) is 0 Å². The normalized spacial score (nSPS) is 16.0. The molecular formula is C55H38NOP. The van der Waals surface area contributed by atoms with E-state index in [4.69, 9.17) is 0 Å². The van der Waals surface area contributed by atoms with Crippen molar-refractivity contribution >= 4 is 55.6 Å². The maximum absolute atomic E-state index is 15.8. The molecule has 2 heterocycles. The van der Waals surface area contributed by atoms with Gasteiger partial charge >= 0.3 is 0 Å². The Labute approximate surface area is 338 Å². The van der Waals surface area contributed by atoms with Crippen molar-refractivity contribution in [3.63, 3.8) is 0 Å². The Morgan fingerprint density at radius 1 is 0.448 bits per heavy atom. The van der Waals surface area contributed by atoms with Gasteiger partial charge in [0.25, 0.3) is 0 Å². The SMILES string of the molecule is CC1(C)c2cc(-c3ccc(-n4c5ccccc5c5c6c(ccc54)-c4ccccc4P6(=O)c4ccccc4)cc3)ccc2-c2ccc(-c3ccc4ccccc4c3)cc21. The summed E-state index contributed by atoms with van der Waals surface area (Å²) in [6, 6.07) is 69.7. The zero-order valence-electron chi connectivity index (χ0n) is 32.3. The molecule has 10 aromatic rings. The molecule has 0 saturated heterocycles. The fourth-order valence-electron chi connectivity index (χ4n) is 10.1. The number of para-hydroxylation sites is 1. The predicted molar refractivity (Wildman–Crippen MR) is 245 cm³/mol. The standard InChI is InChI=1S/C55H38NOP/c1-55(2)48-33-39(24-28-43(48)44-29-25-40(34-49(44)55)38-21-20-35-12-6-7-13-37(35)32-38)36-22-26-41(27-23-36)56-50-18-10-8-17-47(50)53-51(56)31-30-46-45-16-9-11-19-52(45)58(57,54(46)53)42-14-4-3-5-15-42/h3-34H,1-2H3. The lowest BCUT2D eigenvalue weighted by Crippen LogP contribution is -2.21. The number of nitrogens with zero attached hydrogens (tertiary/aromatic N) is 1. The zero-order valence-corrected chi connectivity index (χ0v) is 33.2. The summed E-state index contributed by atoms with van der Waals surface area (Å²) in [5.41, 5.74) is 15.5. The third-order valence-electron chi connectivity index (χ3n) is 13.0. The largest absolute Gasteiger partial charge is 0.309 e. The van der Waals surface area contributed by atoms with Crippen LogP contribution in [0.2, 0.25) is 0 Å². The second kappa shape index (κ2) is 12.1. The maximum atomic E-state index is 15.8. The van der Waals surface area contributed by atoms with Gasteiger partial charge in [0, 0.05) is 37.8 Å². The molecule has 1 atom stereocenters. The highest BCUT2D eigenvalue weighted by Gasteiger charge is 2.42. The number of rotatable bonds is 4. The number of aromatic nitrogens is 1. The molecule has 274 valence electrons. The highest BCUT2D eigenvalue weighted by Crippen LogP contribution is 2.55. The molecule has 0 bridgehead atoms. The van der Waals surface area contributed by atoms with Gasteiger partial charge in [-0.3, -0.25) is 0 Å². The van der Waals surface area contributed by atoms with Crippen molar-refractivity contribution in [2.45, 2.75) is 19.3 Å². The van der Waals surface area contributed by atoms with Crippen LogP contribution in [0.1, 0.15) is 25.0 Å². The fraction of sp³-hybridized carbons (Fsp3) is 0.0545. The first-order valence-electron chi connectivity index (χ1n) is 20.1. The van der Waals surface area contributed by atoms with Gasteiger partial charge in [0.15, 0.2) is 7.14 Å². The first kappa shape index (κ1) is 33.4. The minimum atomic E-state index is -3.16. The number of benzene rings is 9. The van der Waals surface area contributed by atoms with Crippen LogP contribution in [0.15, 0.2) is 194 Å². The van der Waals surface area contributed by atoms with Crippen molar-refractivity contribution in [3.05, 3.63) is 205 Å². The Bertz CT molecular complexity index is 3390. The lowest BCUT2D eigenvalue weighted by molar-refractivity contribution is 0.593. The molecule has 0 amide bonds. The predicted octanol–water partition coefficient (Wildman–Crippen LogP) is 13.2. The second-order valence-electron chi connectivity index (χ2n) is 16.4. The summed E-state index contributed by atoms with van der Waals surface area (Å²) in [5.74, 6) is 0. The number of hydrogen-bond acceptors (Lipinski definition) is 1. The summed E-state index contributed by atoms with van der Waals surface area (Å²) < 4.78 is 18.1. The van der Waals surface area contributed by atoms with E-state index in [1.807, 2.05) is 36.4 Å². The summed E-state index contributed by atoms with van der Waals surface area (Å²) >= 11 is 0. The molecule has 0 N–H and O–H groups in total. The number of fused-ring (bicyclic) bond motifs is 11.